The molecule has 664 valence electrons. The molecule has 0 spiro atoms. The third-order valence-corrected chi connectivity index (χ3v) is 32.0. The zero-order valence-corrected chi connectivity index (χ0v) is 79.6. The van der Waals surface area contributed by atoms with Crippen molar-refractivity contribution in [1.82, 2.24) is 0 Å². The lowest BCUT2D eigenvalue weighted by molar-refractivity contribution is 0.425. The zero-order chi connectivity index (χ0) is 93.9. The van der Waals surface area contributed by atoms with Gasteiger partial charge in [0.15, 0.2) is 0 Å². The quantitative estimate of drug-likeness (QED) is 0.0945. The van der Waals surface area contributed by atoms with Gasteiger partial charge in [-0.2, -0.15) is 0 Å². The third-order valence-electron chi connectivity index (χ3n) is 31.2. The first-order valence-electron chi connectivity index (χ1n) is 49.7. The molecule has 0 bridgehead atoms. The second kappa shape index (κ2) is 33.8. The molecule has 0 amide bonds. The number of rotatable bonds is 12. The van der Waals surface area contributed by atoms with E-state index in [9.17, 15) is 0 Å². The number of halogens is 1. The van der Waals surface area contributed by atoms with Crippen molar-refractivity contribution in [1.29, 1.82) is 0 Å². The minimum absolute atomic E-state index is 0.556. The van der Waals surface area contributed by atoms with Crippen LogP contribution in [0.2, 0.25) is 0 Å². The molecule has 0 radical (unpaired) electrons. The molecule has 2 nitrogen and oxygen atoms in total. The Bertz CT molecular complexity index is 9380. The number of benzene rings is 20. The lowest BCUT2D eigenvalue weighted by Crippen LogP contribution is -2.29. The van der Waals surface area contributed by atoms with E-state index in [1.54, 1.807) is 6.07 Å². The van der Waals surface area contributed by atoms with Crippen molar-refractivity contribution in [2.45, 2.75) is 38.5 Å². The van der Waals surface area contributed by atoms with E-state index in [1.807, 2.05) is 18.2 Å². The summed E-state index contributed by atoms with van der Waals surface area (Å²) in [6, 6.07) is 146. The second-order valence-corrected chi connectivity index (χ2v) is 39.9. The zero-order valence-electron chi connectivity index (χ0n) is 78.0. The van der Waals surface area contributed by atoms with Crippen LogP contribution in [0.4, 0.5) is 0 Å². The second-order valence-electron chi connectivity index (χ2n) is 39.1. The highest BCUT2D eigenvalue weighted by Gasteiger charge is 2.44. The normalized spacial score (nSPS) is 14.8. The summed E-state index contributed by atoms with van der Waals surface area (Å²) in [4.78, 5) is 0. The third kappa shape index (κ3) is 13.8. The summed E-state index contributed by atoms with van der Waals surface area (Å²) in [6.45, 7) is 0. The van der Waals surface area contributed by atoms with Crippen molar-refractivity contribution in [3.63, 3.8) is 0 Å². The van der Waals surface area contributed by atoms with Crippen molar-refractivity contribution >= 4 is 184 Å². The molecule has 30 rings (SSSR count). The number of allylic oxidation sites excluding steroid dienone is 16. The highest BCUT2D eigenvalue weighted by Crippen LogP contribution is 2.66. The molecule has 0 aromatic heterocycles. The summed E-state index contributed by atoms with van der Waals surface area (Å²) in [6.07, 6.45) is 33.0. The van der Waals surface area contributed by atoms with E-state index in [0.29, 0.717) is 5.46 Å². The molecular weight excluding hydrogens is 1780 g/mol. The molecule has 20 aromatic rings. The summed E-state index contributed by atoms with van der Waals surface area (Å²) in [7, 11) is -1.36. The predicted octanol–water partition coefficient (Wildman–Crippen LogP) is 33.7. The van der Waals surface area contributed by atoms with Crippen molar-refractivity contribution in [2.24, 2.45) is 0 Å². The van der Waals surface area contributed by atoms with Gasteiger partial charge in [0.2, 0.25) is 0 Å². The average molecular weight is 1870 g/mol. The van der Waals surface area contributed by atoms with Crippen LogP contribution in [0, 0.1) is 0 Å². The molecule has 10 aliphatic rings. The molecule has 0 atom stereocenters. The van der Waals surface area contributed by atoms with Gasteiger partial charge in [-0.25, -0.2) is 0 Å². The van der Waals surface area contributed by atoms with E-state index >= 15 is 0 Å². The SMILES string of the molecule is BrC1=C2C(c3ccc4c(c3)C=CC4)=C(c3ccc4c(c3)C=CC4)C(c3ccccc3)=C2c2cc(-c3ccc4ccc5c6ccccc6ccc5c4c3)c(-c3ccccc3)cc21.C1=Cc2cc(C3=C(c4ccc5c(c4)C=CC5)C(c4ccccc4)=C4C3=C(c3ccc5c(c3)C=CC5)c3cc(-c5ccccc5)c(-c5ccc6ccc7c8ccccc8ccc7c6c5)cc34)ccc2C1.OB(O)c1ccc2c(c1)C=CC2. The van der Waals surface area contributed by atoms with Crippen LogP contribution in [-0.2, 0) is 38.5 Å². The van der Waals surface area contributed by atoms with E-state index in [2.05, 4.69) is 453 Å². The fourth-order valence-corrected chi connectivity index (χ4v) is 25.1. The highest BCUT2D eigenvalue weighted by molar-refractivity contribution is 9.15. The molecular formula is C138H90BBrO2. The smallest absolute Gasteiger partial charge is 0.423 e. The van der Waals surface area contributed by atoms with Crippen molar-refractivity contribution in [3.05, 3.63) is 564 Å². The van der Waals surface area contributed by atoms with Crippen LogP contribution in [0.15, 0.2) is 436 Å². The van der Waals surface area contributed by atoms with E-state index < -0.39 is 7.12 Å². The van der Waals surface area contributed by atoms with Gasteiger partial charge >= 0.3 is 7.12 Å². The van der Waals surface area contributed by atoms with Crippen LogP contribution in [-0.4, -0.2) is 17.2 Å². The molecule has 10 aliphatic carbocycles. The summed E-state index contributed by atoms with van der Waals surface area (Å²) in [5.74, 6) is 0. The Balaban J connectivity index is 0.000000125. The topological polar surface area (TPSA) is 40.5 Å². The Morgan fingerprint density at radius 1 is 0.169 bits per heavy atom. The first-order chi connectivity index (χ1) is 70.1. The molecule has 0 saturated carbocycles. The summed E-state index contributed by atoms with van der Waals surface area (Å²) < 4.78 is 1.15. The number of hydrogen-bond donors (Lipinski definition) is 2. The Kier molecular flexibility index (Phi) is 19.9. The van der Waals surface area contributed by atoms with E-state index in [1.165, 1.54) is 293 Å². The molecule has 2 N–H and O–H groups in total. The summed E-state index contributed by atoms with van der Waals surface area (Å²) in [5, 5.41) is 33.1. The molecule has 0 fully saturated rings. The van der Waals surface area contributed by atoms with Gasteiger partial charge < -0.3 is 10.0 Å². The molecule has 0 aliphatic heterocycles. The molecule has 4 heteroatoms. The van der Waals surface area contributed by atoms with Gasteiger partial charge in [0.05, 0.1) is 0 Å². The monoisotopic (exact) mass is 1870 g/mol. The largest absolute Gasteiger partial charge is 0.488 e. The minimum atomic E-state index is -1.36. The van der Waals surface area contributed by atoms with Crippen LogP contribution in [0.1, 0.15) is 128 Å². The van der Waals surface area contributed by atoms with Gasteiger partial charge in [0.1, 0.15) is 0 Å². The minimum Gasteiger partial charge on any atom is -0.423 e. The van der Waals surface area contributed by atoms with Gasteiger partial charge in [-0.05, 0) is 419 Å². The maximum Gasteiger partial charge on any atom is 0.488 e. The van der Waals surface area contributed by atoms with Crippen LogP contribution < -0.4 is 5.46 Å². The van der Waals surface area contributed by atoms with Crippen molar-refractivity contribution < 1.29 is 10.0 Å². The van der Waals surface area contributed by atoms with Crippen LogP contribution in [0.3, 0.4) is 0 Å². The molecule has 0 saturated heterocycles. The summed E-state index contributed by atoms with van der Waals surface area (Å²) in [5.41, 5.74) is 54.3. The van der Waals surface area contributed by atoms with Gasteiger partial charge in [0.25, 0.3) is 0 Å². The van der Waals surface area contributed by atoms with E-state index in [4.69, 9.17) is 10.0 Å². The number of fused-ring (bicyclic) bond motifs is 22. The van der Waals surface area contributed by atoms with Gasteiger partial charge in [-0.15, -0.1) is 0 Å². The lowest BCUT2D eigenvalue weighted by Gasteiger charge is -2.20. The predicted molar refractivity (Wildman–Crippen MR) is 607 cm³/mol. The van der Waals surface area contributed by atoms with E-state index in [0.717, 1.165) is 48.6 Å². The van der Waals surface area contributed by atoms with E-state index in [-0.39, 0.29) is 0 Å². The van der Waals surface area contributed by atoms with Crippen LogP contribution >= 0.6 is 15.9 Å². The molecule has 20 aromatic carbocycles. The van der Waals surface area contributed by atoms with Gasteiger partial charge in [-0.1, -0.05) is 394 Å². The van der Waals surface area contributed by atoms with Crippen LogP contribution in [0.25, 0.3) is 200 Å². The Hall–Kier alpha value is -16.7. The molecule has 142 heavy (non-hydrogen) atoms. The Labute approximate surface area is 834 Å². The summed E-state index contributed by atoms with van der Waals surface area (Å²) >= 11 is 4.35. The fraction of sp³-hybridized carbons (Fsp3) is 0.0435. The fourth-order valence-electron chi connectivity index (χ4n) is 24.4. The Morgan fingerprint density at radius 3 is 0.824 bits per heavy atom. The van der Waals surface area contributed by atoms with Gasteiger partial charge in [0, 0.05) is 10.1 Å². The molecule has 0 unspecified atom stereocenters. The molecule has 0 heterocycles. The first-order valence-corrected chi connectivity index (χ1v) is 50.5. The van der Waals surface area contributed by atoms with Crippen LogP contribution in [0.5, 0.6) is 0 Å². The van der Waals surface area contributed by atoms with Gasteiger partial charge in [-0.3, -0.25) is 0 Å². The average Bonchev–Trinajstić information content (AvgIpc) is 1.53. The number of hydrogen-bond acceptors (Lipinski definition) is 2. The Morgan fingerprint density at radius 2 is 0.437 bits per heavy atom. The standard InChI is InChI=1S/C69H44.C60H37Br.C9H9BO2/c1-3-12-45(13-4-1)60-40-62-63(41-61(60)52-28-27-47-33-34-57-56-23-8-7-14-46(56)32-35-58(57)59(47)39-52)68-65(48-15-5-2-6-16-48)66(54-30-25-43-18-10-21-50(43)37-54)67(55-31-26-44-19-11-22-51(44)38-55)69(68)64(62)53-29-24-42-17-9-20-49(42)36-53;61-60-54-35-51(38-11-3-1-4-12-38)52(44-24-23-40-28-29-48-47-20-8-7-13-39(47)27-30-49(48)50(40)33-44)34-53(54)58-55(41-14-5-2-6-15-41)56(45-25-21-36-16-9-18-42(36)31-45)57(59(58)60)46-26-22-37-17-10-19-43(37)32-46;11-10(12)9-5-4-7-2-1-3-8(7)6-9/h1-16,20-41H,17-19H2;1-15,18-35H,16-17H2;1,3-6,11-12H,2H2. The van der Waals surface area contributed by atoms with Crippen molar-refractivity contribution in [2.75, 3.05) is 0 Å². The maximum absolute atomic E-state index is 8.89. The maximum atomic E-state index is 8.89. The highest BCUT2D eigenvalue weighted by atomic mass is 79.9. The lowest BCUT2D eigenvalue weighted by atomic mass is 9.79. The first kappa shape index (κ1) is 83.5. The van der Waals surface area contributed by atoms with Crippen molar-refractivity contribution in [3.8, 4) is 44.5 Å².